The van der Waals surface area contributed by atoms with Crippen LogP contribution in [-0.2, 0) is 23.7 Å². The Labute approximate surface area is 147 Å². The van der Waals surface area contributed by atoms with Gasteiger partial charge in [-0.2, -0.15) is 0 Å². The number of phenolic OH excluding ortho intramolecular Hbond substituents is 1. The molecule has 24 heavy (non-hydrogen) atoms. The maximum Gasteiger partial charge on any atom is 0.119 e. The lowest BCUT2D eigenvalue weighted by atomic mass is 9.72. The lowest BCUT2D eigenvalue weighted by molar-refractivity contribution is 0.433. The lowest BCUT2D eigenvalue weighted by Crippen LogP contribution is -2.24. The molecule has 130 valence electrons. The van der Waals surface area contributed by atoms with Crippen molar-refractivity contribution in [1.82, 2.24) is 0 Å². The Morgan fingerprint density at radius 2 is 1.29 bits per heavy atom. The van der Waals surface area contributed by atoms with Crippen molar-refractivity contribution in [2.45, 2.75) is 71.6 Å². The van der Waals surface area contributed by atoms with Crippen LogP contribution in [0.3, 0.4) is 0 Å². The van der Waals surface area contributed by atoms with E-state index in [0.717, 1.165) is 24.8 Å². The summed E-state index contributed by atoms with van der Waals surface area (Å²) >= 11 is 0. The summed E-state index contributed by atoms with van der Waals surface area (Å²) in [7, 11) is 0. The first-order chi connectivity index (χ1) is 11.1. The molecule has 0 amide bonds. The van der Waals surface area contributed by atoms with Gasteiger partial charge in [0.25, 0.3) is 0 Å². The van der Waals surface area contributed by atoms with E-state index in [1.807, 2.05) is 6.07 Å². The third kappa shape index (κ3) is 4.41. The Morgan fingerprint density at radius 1 is 0.708 bits per heavy atom. The van der Waals surface area contributed by atoms with Gasteiger partial charge >= 0.3 is 0 Å². The molecule has 0 saturated carbocycles. The zero-order chi connectivity index (χ0) is 18.0. The molecule has 2 aromatic rings. The highest BCUT2D eigenvalue weighted by atomic mass is 16.3. The van der Waals surface area contributed by atoms with Gasteiger partial charge in [0.1, 0.15) is 5.75 Å². The molecule has 0 bridgehead atoms. The fourth-order valence-electron chi connectivity index (χ4n) is 3.59. The molecular formula is C23H32O. The molecule has 0 saturated heterocycles. The molecule has 1 nitrogen and oxygen atoms in total. The lowest BCUT2D eigenvalue weighted by Gasteiger charge is -2.33. The van der Waals surface area contributed by atoms with Crippen LogP contribution in [0.5, 0.6) is 5.75 Å². The van der Waals surface area contributed by atoms with Crippen molar-refractivity contribution in [3.05, 3.63) is 64.7 Å². The standard InChI is InChI=1S/C23H32O/c1-22(2,3)20-18(14-10-13-17-11-8-7-9-12-17)15-16-19(24)21(20)23(4,5)6/h7-9,11-12,15-16,24H,10,13-14H2,1-6H3. The van der Waals surface area contributed by atoms with Crippen LogP contribution in [0.25, 0.3) is 0 Å². The molecule has 1 N–H and O–H groups in total. The zero-order valence-electron chi connectivity index (χ0n) is 16.1. The number of aryl methyl sites for hydroxylation is 2. The summed E-state index contributed by atoms with van der Waals surface area (Å²) in [6.45, 7) is 13.3. The fraction of sp³-hybridized carbons (Fsp3) is 0.478. The van der Waals surface area contributed by atoms with Crippen LogP contribution in [0.2, 0.25) is 0 Å². The van der Waals surface area contributed by atoms with Crippen molar-refractivity contribution < 1.29 is 5.11 Å². The van der Waals surface area contributed by atoms with Crippen molar-refractivity contribution in [3.63, 3.8) is 0 Å². The summed E-state index contributed by atoms with van der Waals surface area (Å²) in [5, 5.41) is 10.5. The second-order valence-corrected chi connectivity index (χ2v) is 8.83. The Bertz CT molecular complexity index is 670. The van der Waals surface area contributed by atoms with E-state index in [4.69, 9.17) is 0 Å². The molecule has 2 rings (SSSR count). The Kier molecular flexibility index (Phi) is 5.42. The van der Waals surface area contributed by atoms with Gasteiger partial charge in [-0.1, -0.05) is 77.9 Å². The first kappa shape index (κ1) is 18.6. The molecule has 0 aliphatic carbocycles. The minimum Gasteiger partial charge on any atom is -0.508 e. The van der Waals surface area contributed by atoms with E-state index < -0.39 is 0 Å². The van der Waals surface area contributed by atoms with Crippen molar-refractivity contribution >= 4 is 0 Å². The highest BCUT2D eigenvalue weighted by Gasteiger charge is 2.30. The van der Waals surface area contributed by atoms with Crippen molar-refractivity contribution in [2.24, 2.45) is 0 Å². The third-order valence-corrected chi connectivity index (χ3v) is 4.52. The van der Waals surface area contributed by atoms with E-state index in [0.29, 0.717) is 5.75 Å². The third-order valence-electron chi connectivity index (χ3n) is 4.52. The van der Waals surface area contributed by atoms with Gasteiger partial charge in [0.15, 0.2) is 0 Å². The highest BCUT2D eigenvalue weighted by molar-refractivity contribution is 5.51. The van der Waals surface area contributed by atoms with Crippen LogP contribution in [0.4, 0.5) is 0 Å². The van der Waals surface area contributed by atoms with E-state index in [1.165, 1.54) is 16.7 Å². The molecule has 0 heterocycles. The summed E-state index contributed by atoms with van der Waals surface area (Å²) in [5.41, 5.74) is 5.15. The van der Waals surface area contributed by atoms with Gasteiger partial charge < -0.3 is 5.11 Å². The number of hydrogen-bond donors (Lipinski definition) is 1. The van der Waals surface area contributed by atoms with Crippen LogP contribution in [0, 0.1) is 0 Å². The first-order valence-corrected chi connectivity index (χ1v) is 9.00. The summed E-state index contributed by atoms with van der Waals surface area (Å²) in [5.74, 6) is 0.430. The largest absolute Gasteiger partial charge is 0.508 e. The van der Waals surface area contributed by atoms with Crippen LogP contribution >= 0.6 is 0 Å². The van der Waals surface area contributed by atoms with Crippen LogP contribution in [-0.4, -0.2) is 5.11 Å². The highest BCUT2D eigenvalue weighted by Crippen LogP contribution is 2.41. The predicted molar refractivity (Wildman–Crippen MR) is 104 cm³/mol. The van der Waals surface area contributed by atoms with Gasteiger partial charge in [0.05, 0.1) is 0 Å². The minimum atomic E-state index is -0.0673. The van der Waals surface area contributed by atoms with E-state index >= 15 is 0 Å². The second-order valence-electron chi connectivity index (χ2n) is 8.83. The molecule has 0 spiro atoms. The van der Waals surface area contributed by atoms with E-state index in [9.17, 15) is 5.11 Å². The van der Waals surface area contributed by atoms with Crippen molar-refractivity contribution in [1.29, 1.82) is 0 Å². The Hall–Kier alpha value is -1.76. The number of phenols is 1. The summed E-state index contributed by atoms with van der Waals surface area (Å²) in [6.07, 6.45) is 3.27. The van der Waals surface area contributed by atoms with Gasteiger partial charge in [-0.15, -0.1) is 0 Å². The van der Waals surface area contributed by atoms with Gasteiger partial charge in [0, 0.05) is 5.56 Å². The first-order valence-electron chi connectivity index (χ1n) is 9.00. The van der Waals surface area contributed by atoms with Gasteiger partial charge in [0.2, 0.25) is 0 Å². The monoisotopic (exact) mass is 324 g/mol. The van der Waals surface area contributed by atoms with Gasteiger partial charge in [-0.25, -0.2) is 0 Å². The molecule has 0 fully saturated rings. The minimum absolute atomic E-state index is 0.0173. The molecule has 0 aliphatic heterocycles. The Balaban J connectivity index is 2.32. The molecule has 0 aliphatic rings. The zero-order valence-corrected chi connectivity index (χ0v) is 16.1. The summed E-state index contributed by atoms with van der Waals surface area (Å²) < 4.78 is 0. The normalized spacial score (nSPS) is 12.4. The molecule has 1 heteroatoms. The van der Waals surface area contributed by atoms with Gasteiger partial charge in [-0.05, 0) is 52.8 Å². The Morgan fingerprint density at radius 3 is 1.83 bits per heavy atom. The van der Waals surface area contributed by atoms with Crippen LogP contribution < -0.4 is 0 Å². The van der Waals surface area contributed by atoms with Crippen LogP contribution in [0.15, 0.2) is 42.5 Å². The smallest absolute Gasteiger partial charge is 0.119 e. The SMILES string of the molecule is CC(C)(C)c1c(O)ccc(CCCc2ccccc2)c1C(C)(C)C. The van der Waals surface area contributed by atoms with Gasteiger partial charge in [-0.3, -0.25) is 0 Å². The fourth-order valence-corrected chi connectivity index (χ4v) is 3.59. The van der Waals surface area contributed by atoms with E-state index in [2.05, 4.69) is 77.9 Å². The van der Waals surface area contributed by atoms with E-state index in [1.54, 1.807) is 0 Å². The molecule has 0 atom stereocenters. The van der Waals surface area contributed by atoms with E-state index in [-0.39, 0.29) is 10.8 Å². The number of aromatic hydroxyl groups is 1. The maximum absolute atomic E-state index is 10.5. The number of hydrogen-bond acceptors (Lipinski definition) is 1. The second kappa shape index (κ2) is 7.01. The average molecular weight is 325 g/mol. The van der Waals surface area contributed by atoms with Crippen molar-refractivity contribution in [3.8, 4) is 5.75 Å². The maximum atomic E-state index is 10.5. The number of benzene rings is 2. The summed E-state index contributed by atoms with van der Waals surface area (Å²) in [6, 6.07) is 14.7. The molecule has 0 aromatic heterocycles. The predicted octanol–water partition coefficient (Wildman–Crippen LogP) is 6.16. The quantitative estimate of drug-likeness (QED) is 0.713. The topological polar surface area (TPSA) is 20.2 Å². The number of rotatable bonds is 4. The molecule has 0 radical (unpaired) electrons. The average Bonchev–Trinajstić information content (AvgIpc) is 2.47. The van der Waals surface area contributed by atoms with Crippen LogP contribution in [0.1, 0.15) is 70.2 Å². The molecular weight excluding hydrogens is 292 g/mol. The summed E-state index contributed by atoms with van der Waals surface area (Å²) in [4.78, 5) is 0. The molecule has 2 aromatic carbocycles. The molecule has 0 unspecified atom stereocenters. The van der Waals surface area contributed by atoms with Crippen molar-refractivity contribution in [2.75, 3.05) is 0 Å².